The van der Waals surface area contributed by atoms with Gasteiger partial charge >= 0.3 is 6.85 Å². The van der Waals surface area contributed by atoms with Crippen LogP contribution in [0.4, 0.5) is 11.4 Å². The highest BCUT2D eigenvalue weighted by molar-refractivity contribution is 6.92. The molecule has 2 nitrogen and oxygen atoms in total. The standard InChI is InChI=1S/C43H29BN2/c1-28-19-22-40-35(25-28)36-26-30(29-11-3-2-4-12-29)20-23-41(36)45(40)31-21-24-43-37(27-31)33-14-6-9-17-39(33)44-38-16-8-5-13-32(38)34-15-7-10-18-42(34)46(43)44/h2-27H,1H3. The molecule has 0 amide bonds. The number of anilines is 2. The van der Waals surface area contributed by atoms with E-state index in [1.807, 2.05) is 0 Å². The Morgan fingerprint density at radius 3 is 1.83 bits per heavy atom. The van der Waals surface area contributed by atoms with Crippen LogP contribution < -0.4 is 15.7 Å². The molecule has 0 atom stereocenters. The van der Waals surface area contributed by atoms with Crippen molar-refractivity contribution in [2.24, 2.45) is 0 Å². The lowest BCUT2D eigenvalue weighted by atomic mass is 9.43. The summed E-state index contributed by atoms with van der Waals surface area (Å²) in [6.07, 6.45) is 0. The van der Waals surface area contributed by atoms with Gasteiger partial charge < -0.3 is 9.38 Å². The largest absolute Gasteiger partial charge is 0.376 e. The molecule has 3 heteroatoms. The number of aryl methyl sites for hydroxylation is 1. The summed E-state index contributed by atoms with van der Waals surface area (Å²) in [7, 11) is 0. The highest BCUT2D eigenvalue weighted by Crippen LogP contribution is 2.47. The fraction of sp³-hybridized carbons (Fsp3) is 0.0233. The minimum absolute atomic E-state index is 0.119. The monoisotopic (exact) mass is 584 g/mol. The Morgan fingerprint density at radius 1 is 0.435 bits per heavy atom. The quantitative estimate of drug-likeness (QED) is 0.184. The van der Waals surface area contributed by atoms with Gasteiger partial charge in [0.1, 0.15) is 0 Å². The van der Waals surface area contributed by atoms with Crippen molar-refractivity contribution in [2.45, 2.75) is 6.92 Å². The van der Waals surface area contributed by atoms with Gasteiger partial charge in [0.25, 0.3) is 0 Å². The van der Waals surface area contributed by atoms with Crippen LogP contribution in [0.3, 0.4) is 0 Å². The predicted octanol–water partition coefficient (Wildman–Crippen LogP) is 9.66. The zero-order chi connectivity index (χ0) is 30.4. The molecule has 0 unspecified atom stereocenters. The topological polar surface area (TPSA) is 8.17 Å². The lowest BCUT2D eigenvalue weighted by molar-refractivity contribution is 1.18. The minimum Gasteiger partial charge on any atom is -0.376 e. The summed E-state index contributed by atoms with van der Waals surface area (Å²) >= 11 is 0. The van der Waals surface area contributed by atoms with Crippen molar-refractivity contribution in [1.82, 2.24) is 4.57 Å². The zero-order valence-electron chi connectivity index (χ0n) is 25.5. The molecular formula is C43H29BN2. The second-order valence-electron chi connectivity index (χ2n) is 12.6. The summed E-state index contributed by atoms with van der Waals surface area (Å²) < 4.78 is 2.45. The summed E-state index contributed by atoms with van der Waals surface area (Å²) in [6.45, 7) is 2.30. The van der Waals surface area contributed by atoms with Gasteiger partial charge in [0, 0.05) is 39.0 Å². The van der Waals surface area contributed by atoms with Gasteiger partial charge in [-0.2, -0.15) is 0 Å². The van der Waals surface area contributed by atoms with E-state index >= 15 is 0 Å². The normalized spacial score (nSPS) is 12.8. The van der Waals surface area contributed by atoms with E-state index in [0.29, 0.717) is 0 Å². The Morgan fingerprint density at radius 2 is 1.04 bits per heavy atom. The lowest BCUT2D eigenvalue weighted by Crippen LogP contribution is -2.59. The number of fused-ring (bicyclic) bond motifs is 14. The van der Waals surface area contributed by atoms with Crippen molar-refractivity contribution in [3.63, 3.8) is 0 Å². The first-order valence-corrected chi connectivity index (χ1v) is 16.1. The third kappa shape index (κ3) is 3.54. The van der Waals surface area contributed by atoms with Crippen LogP contribution in [-0.2, 0) is 0 Å². The molecule has 214 valence electrons. The lowest BCUT2D eigenvalue weighted by Gasteiger charge is -2.43. The van der Waals surface area contributed by atoms with Crippen LogP contribution in [0.5, 0.6) is 0 Å². The second kappa shape index (κ2) is 9.60. The van der Waals surface area contributed by atoms with Crippen molar-refractivity contribution >= 4 is 51.0 Å². The van der Waals surface area contributed by atoms with E-state index < -0.39 is 0 Å². The van der Waals surface area contributed by atoms with Crippen molar-refractivity contribution < 1.29 is 0 Å². The van der Waals surface area contributed by atoms with Gasteiger partial charge in [-0.15, -0.1) is 0 Å². The maximum absolute atomic E-state index is 2.57. The van der Waals surface area contributed by atoms with Gasteiger partial charge in [-0.25, -0.2) is 0 Å². The molecule has 0 N–H and O–H groups in total. The molecule has 46 heavy (non-hydrogen) atoms. The van der Waals surface area contributed by atoms with Crippen LogP contribution in [0.15, 0.2) is 158 Å². The van der Waals surface area contributed by atoms with Crippen LogP contribution in [0, 0.1) is 6.92 Å². The Balaban J connectivity index is 1.23. The maximum Gasteiger partial charge on any atom is 0.329 e. The van der Waals surface area contributed by atoms with E-state index in [4.69, 9.17) is 0 Å². The smallest absolute Gasteiger partial charge is 0.329 e. The summed E-state index contributed by atoms with van der Waals surface area (Å²) in [5.74, 6) is 0. The zero-order valence-corrected chi connectivity index (χ0v) is 25.5. The van der Waals surface area contributed by atoms with Gasteiger partial charge in [0.15, 0.2) is 0 Å². The number of para-hydroxylation sites is 1. The molecule has 0 fully saturated rings. The summed E-state index contributed by atoms with van der Waals surface area (Å²) in [4.78, 5) is 2.57. The first-order valence-electron chi connectivity index (χ1n) is 16.1. The third-order valence-corrected chi connectivity index (χ3v) is 10.0. The Hall–Kier alpha value is -5.80. The first-order chi connectivity index (χ1) is 22.7. The number of aromatic nitrogens is 1. The highest BCUT2D eigenvalue weighted by Gasteiger charge is 2.41. The van der Waals surface area contributed by atoms with Crippen molar-refractivity contribution in [3.8, 4) is 39.1 Å². The molecule has 2 aliphatic rings. The van der Waals surface area contributed by atoms with E-state index in [2.05, 4.69) is 174 Å². The summed E-state index contributed by atoms with van der Waals surface area (Å²) in [5, 5.41) is 2.56. The van der Waals surface area contributed by atoms with E-state index in [1.54, 1.807) is 0 Å². The van der Waals surface area contributed by atoms with Crippen LogP contribution in [0.25, 0.3) is 60.9 Å². The molecule has 0 aliphatic carbocycles. The van der Waals surface area contributed by atoms with Gasteiger partial charge in [-0.3, -0.25) is 0 Å². The number of nitrogens with zero attached hydrogens (tertiary/aromatic N) is 2. The van der Waals surface area contributed by atoms with Crippen LogP contribution >= 0.6 is 0 Å². The fourth-order valence-corrected chi connectivity index (χ4v) is 8.04. The molecule has 0 saturated carbocycles. The number of rotatable bonds is 2. The van der Waals surface area contributed by atoms with E-state index in [0.717, 1.165) is 0 Å². The fourth-order valence-electron chi connectivity index (χ4n) is 8.04. The molecule has 0 saturated heterocycles. The van der Waals surface area contributed by atoms with Crippen LogP contribution in [-0.4, -0.2) is 11.4 Å². The molecule has 10 rings (SSSR count). The summed E-state index contributed by atoms with van der Waals surface area (Å²) in [6, 6.07) is 58.4. The first kappa shape index (κ1) is 25.5. The van der Waals surface area contributed by atoms with E-state index in [9.17, 15) is 0 Å². The molecule has 3 heterocycles. The summed E-state index contributed by atoms with van der Waals surface area (Å²) in [5.41, 5.74) is 17.8. The average molecular weight is 585 g/mol. The Kier molecular flexibility index (Phi) is 5.33. The Labute approximate surface area is 268 Å². The molecule has 7 aromatic carbocycles. The molecule has 2 aliphatic heterocycles. The third-order valence-electron chi connectivity index (χ3n) is 10.0. The number of hydrogen-bond donors (Lipinski definition) is 0. The highest BCUT2D eigenvalue weighted by atomic mass is 15.1. The van der Waals surface area contributed by atoms with Gasteiger partial charge in [-0.1, -0.05) is 115 Å². The molecule has 0 spiro atoms. The molecule has 1 aromatic heterocycles. The van der Waals surface area contributed by atoms with Crippen molar-refractivity contribution in [2.75, 3.05) is 4.81 Å². The maximum atomic E-state index is 2.57. The van der Waals surface area contributed by atoms with Crippen LogP contribution in [0.1, 0.15) is 5.56 Å². The predicted molar refractivity (Wildman–Crippen MR) is 195 cm³/mol. The molecular weight excluding hydrogens is 555 g/mol. The van der Waals surface area contributed by atoms with Crippen molar-refractivity contribution in [1.29, 1.82) is 0 Å². The minimum atomic E-state index is 0.119. The second-order valence-corrected chi connectivity index (χ2v) is 12.6. The molecule has 0 radical (unpaired) electrons. The Bertz CT molecular complexity index is 2510. The SMILES string of the molecule is Cc1ccc2c(c1)c1cc(-c3ccccc3)ccc1n2-c1ccc2c(c1)-c1ccccc1B1c3ccccc3-c3ccccc3N12. The number of benzene rings is 7. The van der Waals surface area contributed by atoms with Crippen molar-refractivity contribution in [3.05, 3.63) is 163 Å². The van der Waals surface area contributed by atoms with Crippen LogP contribution in [0.2, 0.25) is 0 Å². The number of hydrogen-bond acceptors (Lipinski definition) is 1. The van der Waals surface area contributed by atoms with E-state index in [1.165, 1.54) is 88.7 Å². The van der Waals surface area contributed by atoms with E-state index in [-0.39, 0.29) is 6.85 Å². The van der Waals surface area contributed by atoms with Gasteiger partial charge in [0.05, 0.1) is 11.0 Å². The molecule has 8 aromatic rings. The molecule has 0 bridgehead atoms. The van der Waals surface area contributed by atoms with Gasteiger partial charge in [0.2, 0.25) is 0 Å². The average Bonchev–Trinajstić information content (AvgIpc) is 3.44. The van der Waals surface area contributed by atoms with Gasteiger partial charge in [-0.05, 0) is 88.6 Å².